The van der Waals surface area contributed by atoms with Crippen LogP contribution in [0.15, 0.2) is 18.3 Å². The summed E-state index contributed by atoms with van der Waals surface area (Å²) in [6.07, 6.45) is 7.19. The van der Waals surface area contributed by atoms with Crippen LogP contribution in [0, 0.1) is 17.2 Å². The zero-order valence-corrected chi connectivity index (χ0v) is 11.7. The maximum atomic E-state index is 12.6. The van der Waals surface area contributed by atoms with Gasteiger partial charge < -0.3 is 4.90 Å². The highest BCUT2D eigenvalue weighted by molar-refractivity contribution is 5.97. The van der Waals surface area contributed by atoms with Gasteiger partial charge >= 0.3 is 0 Å². The van der Waals surface area contributed by atoms with E-state index in [1.165, 1.54) is 19.3 Å². The third kappa shape index (κ3) is 2.34. The number of piperidine rings is 2. The van der Waals surface area contributed by atoms with Gasteiger partial charge in [-0.15, -0.1) is 0 Å². The van der Waals surface area contributed by atoms with Crippen molar-refractivity contribution in [1.29, 1.82) is 5.26 Å². The molecule has 0 amide bonds. The standard InChI is InChI=1S/C16H19N3O/c1-19-14-3-2-4-15(19)8-12(7-14)16(20)11-5-6-13(9-17)18-10-11/h5-6,10,12,14-15H,2-4,7-8H2,1H3. The molecule has 0 spiro atoms. The summed E-state index contributed by atoms with van der Waals surface area (Å²) < 4.78 is 0. The van der Waals surface area contributed by atoms with E-state index in [0.717, 1.165) is 12.8 Å². The van der Waals surface area contributed by atoms with Gasteiger partial charge in [0.2, 0.25) is 0 Å². The Bertz CT molecular complexity index is 532. The van der Waals surface area contributed by atoms with Gasteiger partial charge in [-0.1, -0.05) is 6.42 Å². The lowest BCUT2D eigenvalue weighted by Gasteiger charge is -2.46. The lowest BCUT2D eigenvalue weighted by molar-refractivity contribution is 0.0338. The van der Waals surface area contributed by atoms with Crippen molar-refractivity contribution in [1.82, 2.24) is 9.88 Å². The summed E-state index contributed by atoms with van der Waals surface area (Å²) in [6, 6.07) is 6.46. The average Bonchev–Trinajstić information content (AvgIpc) is 2.46. The van der Waals surface area contributed by atoms with Crippen molar-refractivity contribution in [3.63, 3.8) is 0 Å². The predicted molar refractivity (Wildman–Crippen MR) is 75.2 cm³/mol. The maximum absolute atomic E-state index is 12.6. The van der Waals surface area contributed by atoms with E-state index in [1.807, 2.05) is 6.07 Å². The summed E-state index contributed by atoms with van der Waals surface area (Å²) in [6.45, 7) is 0. The molecule has 3 rings (SSSR count). The first-order valence-electron chi connectivity index (χ1n) is 7.31. The Morgan fingerprint density at radius 3 is 2.60 bits per heavy atom. The summed E-state index contributed by atoms with van der Waals surface area (Å²) in [5.74, 6) is 0.322. The SMILES string of the molecule is CN1C2CCCC1CC(C(=O)c1ccc(C#N)nc1)C2. The van der Waals surface area contributed by atoms with E-state index in [4.69, 9.17) is 5.26 Å². The van der Waals surface area contributed by atoms with Crippen LogP contribution in [-0.4, -0.2) is 34.8 Å². The highest BCUT2D eigenvalue weighted by Crippen LogP contribution is 2.37. The number of carbonyl (C=O) groups excluding carboxylic acids is 1. The Labute approximate surface area is 119 Å². The highest BCUT2D eigenvalue weighted by Gasteiger charge is 2.38. The number of carbonyl (C=O) groups is 1. The molecule has 3 heterocycles. The second kappa shape index (κ2) is 5.34. The van der Waals surface area contributed by atoms with Crippen molar-refractivity contribution in [2.45, 2.75) is 44.2 Å². The molecule has 2 unspecified atom stereocenters. The van der Waals surface area contributed by atoms with Gasteiger partial charge in [0.15, 0.2) is 5.78 Å². The number of ketones is 1. The van der Waals surface area contributed by atoms with Crippen molar-refractivity contribution >= 4 is 5.78 Å². The number of hydrogen-bond acceptors (Lipinski definition) is 4. The van der Waals surface area contributed by atoms with E-state index in [-0.39, 0.29) is 11.7 Å². The summed E-state index contributed by atoms with van der Waals surface area (Å²) in [5.41, 5.74) is 1.01. The van der Waals surface area contributed by atoms with E-state index >= 15 is 0 Å². The molecule has 2 bridgehead atoms. The zero-order chi connectivity index (χ0) is 14.1. The number of pyridine rings is 1. The maximum Gasteiger partial charge on any atom is 0.167 e. The number of aromatic nitrogens is 1. The smallest absolute Gasteiger partial charge is 0.167 e. The molecular formula is C16H19N3O. The van der Waals surface area contributed by atoms with Gasteiger partial charge in [-0.05, 0) is 44.9 Å². The second-order valence-corrected chi connectivity index (χ2v) is 5.98. The average molecular weight is 269 g/mol. The molecule has 1 aromatic heterocycles. The number of Topliss-reactive ketones (excluding diaryl/α,β-unsaturated/α-hetero) is 1. The third-order valence-corrected chi connectivity index (χ3v) is 4.87. The number of nitriles is 1. The van der Waals surface area contributed by atoms with Crippen LogP contribution < -0.4 is 0 Å². The largest absolute Gasteiger partial charge is 0.300 e. The fourth-order valence-corrected chi connectivity index (χ4v) is 3.67. The van der Waals surface area contributed by atoms with Crippen LogP contribution in [0.2, 0.25) is 0 Å². The Balaban J connectivity index is 1.76. The number of hydrogen-bond donors (Lipinski definition) is 0. The van der Waals surface area contributed by atoms with Crippen molar-refractivity contribution in [3.05, 3.63) is 29.6 Å². The molecule has 0 radical (unpaired) electrons. The first-order chi connectivity index (χ1) is 9.69. The molecule has 0 aromatic carbocycles. The molecule has 2 saturated heterocycles. The van der Waals surface area contributed by atoms with Crippen molar-refractivity contribution in [2.24, 2.45) is 5.92 Å². The minimum absolute atomic E-state index is 0.122. The van der Waals surface area contributed by atoms with Crippen LogP contribution in [0.25, 0.3) is 0 Å². The van der Waals surface area contributed by atoms with Crippen LogP contribution in [0.3, 0.4) is 0 Å². The Hall–Kier alpha value is -1.73. The first-order valence-corrected chi connectivity index (χ1v) is 7.31. The van der Waals surface area contributed by atoms with Gasteiger partial charge in [-0.2, -0.15) is 5.26 Å². The summed E-state index contributed by atoms with van der Waals surface area (Å²) in [4.78, 5) is 19.1. The molecule has 104 valence electrons. The Kier molecular flexibility index (Phi) is 3.54. The summed E-state index contributed by atoms with van der Waals surface area (Å²) >= 11 is 0. The van der Waals surface area contributed by atoms with Gasteiger partial charge in [0.1, 0.15) is 11.8 Å². The molecule has 4 nitrogen and oxygen atoms in total. The van der Waals surface area contributed by atoms with Gasteiger partial charge in [0.05, 0.1) is 0 Å². The monoisotopic (exact) mass is 269 g/mol. The number of fused-ring (bicyclic) bond motifs is 2. The first kappa shape index (κ1) is 13.3. The Morgan fingerprint density at radius 2 is 2.05 bits per heavy atom. The quantitative estimate of drug-likeness (QED) is 0.774. The van der Waals surface area contributed by atoms with Crippen LogP contribution in [-0.2, 0) is 0 Å². The topological polar surface area (TPSA) is 57.0 Å². The van der Waals surface area contributed by atoms with Gasteiger partial charge in [-0.3, -0.25) is 4.79 Å². The van der Waals surface area contributed by atoms with E-state index in [9.17, 15) is 4.79 Å². The molecule has 2 aliphatic heterocycles. The van der Waals surface area contributed by atoms with E-state index in [2.05, 4.69) is 16.9 Å². The molecule has 4 heteroatoms. The highest BCUT2D eigenvalue weighted by atomic mass is 16.1. The summed E-state index contributed by atoms with van der Waals surface area (Å²) in [5, 5.41) is 8.75. The molecule has 20 heavy (non-hydrogen) atoms. The molecule has 0 saturated carbocycles. The second-order valence-electron chi connectivity index (χ2n) is 5.98. The molecule has 2 fully saturated rings. The third-order valence-electron chi connectivity index (χ3n) is 4.87. The number of nitrogens with zero attached hydrogens (tertiary/aromatic N) is 3. The van der Waals surface area contributed by atoms with Crippen LogP contribution >= 0.6 is 0 Å². The van der Waals surface area contributed by atoms with Crippen molar-refractivity contribution < 1.29 is 4.79 Å². The molecule has 0 aliphatic carbocycles. The molecule has 2 atom stereocenters. The van der Waals surface area contributed by atoms with Crippen LogP contribution in [0.5, 0.6) is 0 Å². The van der Waals surface area contributed by atoms with Crippen molar-refractivity contribution in [3.8, 4) is 6.07 Å². The van der Waals surface area contributed by atoms with E-state index < -0.39 is 0 Å². The zero-order valence-electron chi connectivity index (χ0n) is 11.7. The molecule has 2 aliphatic rings. The normalized spacial score (nSPS) is 29.7. The summed E-state index contributed by atoms with van der Waals surface area (Å²) in [7, 11) is 2.19. The fourth-order valence-electron chi connectivity index (χ4n) is 3.67. The Morgan fingerprint density at radius 1 is 1.35 bits per heavy atom. The minimum atomic E-state index is 0.122. The van der Waals surface area contributed by atoms with Gasteiger partial charge in [0, 0.05) is 29.8 Å². The minimum Gasteiger partial charge on any atom is -0.300 e. The van der Waals surface area contributed by atoms with Crippen LogP contribution in [0.1, 0.15) is 48.2 Å². The van der Waals surface area contributed by atoms with E-state index in [1.54, 1.807) is 18.3 Å². The van der Waals surface area contributed by atoms with Gasteiger partial charge in [0.25, 0.3) is 0 Å². The molecular weight excluding hydrogens is 250 g/mol. The predicted octanol–water partition coefficient (Wildman–Crippen LogP) is 2.40. The van der Waals surface area contributed by atoms with Crippen molar-refractivity contribution in [2.75, 3.05) is 7.05 Å². The van der Waals surface area contributed by atoms with E-state index in [0.29, 0.717) is 23.3 Å². The molecule has 0 N–H and O–H groups in total. The molecule has 1 aromatic rings. The number of rotatable bonds is 2. The van der Waals surface area contributed by atoms with Gasteiger partial charge in [-0.25, -0.2) is 4.98 Å². The lowest BCUT2D eigenvalue weighted by atomic mass is 9.76. The van der Waals surface area contributed by atoms with Crippen LogP contribution in [0.4, 0.5) is 0 Å². The lowest BCUT2D eigenvalue weighted by Crippen LogP contribution is -2.51. The fraction of sp³-hybridized carbons (Fsp3) is 0.562.